The van der Waals surface area contributed by atoms with Gasteiger partial charge in [0.05, 0.1) is 26.9 Å². The number of fused-ring (bicyclic) bond motifs is 10. The third-order valence-electron chi connectivity index (χ3n) is 14.3. The molecule has 1 saturated heterocycles. The molecule has 2 saturated carbocycles. The van der Waals surface area contributed by atoms with Gasteiger partial charge in [-0.15, -0.1) is 0 Å². The molecular weight excluding hydrogens is 765 g/mol. The van der Waals surface area contributed by atoms with Crippen molar-refractivity contribution in [2.24, 2.45) is 17.8 Å². The number of aromatic hydroxyl groups is 3. The second-order valence-corrected chi connectivity index (χ2v) is 20.7. The second-order valence-electron chi connectivity index (χ2n) is 17.7. The third kappa shape index (κ3) is 6.25. The van der Waals surface area contributed by atoms with Crippen molar-refractivity contribution in [3.63, 3.8) is 0 Å². The van der Waals surface area contributed by atoms with Crippen LogP contribution in [-0.4, -0.2) is 80.3 Å². The Kier molecular flexibility index (Phi) is 10.4. The molecular formula is C45H56O10S2. The topological polar surface area (TPSA) is 158 Å². The van der Waals surface area contributed by atoms with E-state index < -0.39 is 22.4 Å². The fourth-order valence-electron chi connectivity index (χ4n) is 11.6. The van der Waals surface area contributed by atoms with Crippen LogP contribution in [-0.2, 0) is 5.60 Å². The summed E-state index contributed by atoms with van der Waals surface area (Å²) in [7, 11) is 5.31. The summed E-state index contributed by atoms with van der Waals surface area (Å²) < 4.78 is 25.0. The van der Waals surface area contributed by atoms with Gasteiger partial charge in [0.25, 0.3) is 0 Å². The summed E-state index contributed by atoms with van der Waals surface area (Å²) in [6.07, 6.45) is 8.07. The molecule has 57 heavy (non-hydrogen) atoms. The molecule has 3 aromatic rings. The molecule has 9 atom stereocenters. The molecule has 10 nitrogen and oxygen atoms in total. The molecule has 8 bridgehead atoms. The van der Waals surface area contributed by atoms with Gasteiger partial charge in [-0.25, -0.2) is 0 Å². The number of phenolic OH excluding ortho intramolecular Hbond substituents is 3. The largest absolute Gasteiger partial charge is 0.508 e. The molecule has 0 radical (unpaired) electrons. The van der Waals surface area contributed by atoms with Crippen molar-refractivity contribution >= 4 is 21.6 Å². The summed E-state index contributed by atoms with van der Waals surface area (Å²) in [5.74, 6) is 0.852. The van der Waals surface area contributed by atoms with Crippen LogP contribution < -0.4 is 18.9 Å². The standard InChI is InChI=1S/C45H56O10S2/c1-23(2)10-15-53-35-20-32(40(49)42(52-3)41(35)50)45-13-12-44-11-9-25(24-5-4-6-27(17-24)56-57-44)18-29-30-19-26(48)7-8-28(30)36-33(54-16-14-46)21-34(55-45)38(39(44)43(45)51)37(36)31(29)22-47/h7-8,19-21,23-25,27,29,31,39,43,46-51H,4-6,9-18,22H2,1-3H3. The minimum atomic E-state index is -1.47. The molecule has 1 spiro atoms. The summed E-state index contributed by atoms with van der Waals surface area (Å²) in [5, 5.41) is 69.8. The van der Waals surface area contributed by atoms with Gasteiger partial charge in [0, 0.05) is 44.6 Å². The number of ether oxygens (including phenoxy) is 4. The Morgan fingerprint density at radius 3 is 2.47 bits per heavy atom. The summed E-state index contributed by atoms with van der Waals surface area (Å²) in [4.78, 5) is 0. The molecule has 4 aliphatic carbocycles. The van der Waals surface area contributed by atoms with Crippen LogP contribution in [0.5, 0.6) is 40.2 Å². The van der Waals surface area contributed by atoms with Crippen molar-refractivity contribution in [3.05, 3.63) is 52.6 Å². The number of aliphatic hydroxyl groups excluding tert-OH is 3. The molecule has 0 aromatic heterocycles. The normalized spacial score (nSPS) is 32.1. The van der Waals surface area contributed by atoms with Gasteiger partial charge in [0.2, 0.25) is 11.5 Å². The predicted octanol–water partition coefficient (Wildman–Crippen LogP) is 8.47. The highest BCUT2D eigenvalue weighted by atomic mass is 33.1. The van der Waals surface area contributed by atoms with Crippen LogP contribution >= 0.6 is 21.6 Å². The maximum Gasteiger partial charge on any atom is 0.207 e. The highest BCUT2D eigenvalue weighted by Gasteiger charge is 2.65. The maximum absolute atomic E-state index is 13.4. The van der Waals surface area contributed by atoms with E-state index in [0.29, 0.717) is 54.0 Å². The first-order valence-electron chi connectivity index (χ1n) is 20.9. The van der Waals surface area contributed by atoms with Crippen LogP contribution in [0.3, 0.4) is 0 Å². The second kappa shape index (κ2) is 15.1. The predicted molar refractivity (Wildman–Crippen MR) is 221 cm³/mol. The van der Waals surface area contributed by atoms with Gasteiger partial charge in [-0.3, -0.25) is 0 Å². The van der Waals surface area contributed by atoms with Crippen LogP contribution in [0.25, 0.3) is 11.1 Å². The third-order valence-corrected chi connectivity index (χ3v) is 18.2. The van der Waals surface area contributed by atoms with Crippen LogP contribution in [0.1, 0.15) is 118 Å². The van der Waals surface area contributed by atoms with Crippen molar-refractivity contribution in [3.8, 4) is 51.4 Å². The first-order valence-corrected chi connectivity index (χ1v) is 23.1. The number of rotatable bonds is 10. The minimum Gasteiger partial charge on any atom is -0.508 e. The maximum atomic E-state index is 13.4. The van der Waals surface area contributed by atoms with E-state index in [4.69, 9.17) is 18.9 Å². The Balaban J connectivity index is 1.33. The Hall–Kier alpha value is -3.16. The van der Waals surface area contributed by atoms with E-state index >= 15 is 0 Å². The van der Waals surface area contributed by atoms with Crippen molar-refractivity contribution in [1.82, 2.24) is 0 Å². The smallest absolute Gasteiger partial charge is 0.207 e. The highest BCUT2D eigenvalue weighted by Crippen LogP contribution is 2.71. The average Bonchev–Trinajstić information content (AvgIpc) is 3.24. The Bertz CT molecular complexity index is 2020. The number of hydrogen-bond donors (Lipinski definition) is 6. The lowest BCUT2D eigenvalue weighted by Crippen LogP contribution is -2.61. The first-order chi connectivity index (χ1) is 27.5. The van der Waals surface area contributed by atoms with E-state index in [1.165, 1.54) is 20.0 Å². The van der Waals surface area contributed by atoms with Gasteiger partial charge in [-0.2, -0.15) is 0 Å². The molecule has 12 heteroatoms. The van der Waals surface area contributed by atoms with E-state index in [-0.39, 0.29) is 66.0 Å². The van der Waals surface area contributed by atoms with Gasteiger partial charge in [0.15, 0.2) is 17.1 Å². The molecule has 9 rings (SSSR count). The highest BCUT2D eigenvalue weighted by molar-refractivity contribution is 8.77. The van der Waals surface area contributed by atoms with E-state index in [1.54, 1.807) is 12.1 Å². The molecule has 2 aliphatic heterocycles. The molecule has 6 aliphatic rings. The Morgan fingerprint density at radius 2 is 1.70 bits per heavy atom. The Morgan fingerprint density at radius 1 is 0.895 bits per heavy atom. The van der Waals surface area contributed by atoms with Crippen LogP contribution in [0, 0.1) is 17.8 Å². The lowest BCUT2D eigenvalue weighted by Gasteiger charge is -2.59. The summed E-state index contributed by atoms with van der Waals surface area (Å²) in [6.45, 7) is 4.18. The number of hydrogen-bond acceptors (Lipinski definition) is 12. The minimum absolute atomic E-state index is 0.0255. The zero-order chi connectivity index (χ0) is 39.8. The van der Waals surface area contributed by atoms with E-state index in [0.717, 1.165) is 66.3 Å². The van der Waals surface area contributed by atoms with Crippen LogP contribution in [0.4, 0.5) is 0 Å². The lowest BCUT2D eigenvalue weighted by atomic mass is 9.56. The fourth-order valence-corrected chi connectivity index (χ4v) is 15.5. The molecule has 0 amide bonds. The van der Waals surface area contributed by atoms with Gasteiger partial charge in [0.1, 0.15) is 30.0 Å². The zero-order valence-electron chi connectivity index (χ0n) is 33.0. The zero-order valence-corrected chi connectivity index (χ0v) is 34.7. The summed E-state index contributed by atoms with van der Waals surface area (Å²) in [6, 6.07) is 8.99. The summed E-state index contributed by atoms with van der Waals surface area (Å²) >= 11 is 0. The van der Waals surface area contributed by atoms with Crippen LogP contribution in [0.2, 0.25) is 0 Å². The van der Waals surface area contributed by atoms with E-state index in [9.17, 15) is 30.6 Å². The molecule has 3 fully saturated rings. The molecule has 6 N–H and O–H groups in total. The Labute approximate surface area is 342 Å². The SMILES string of the molecule is COc1c(O)c(OCCC(C)C)cc(C23CCC45CCC(CC6c7cc(O)ccc7-c7c(OCCO)cc(c(c7C6CO)C4C2O)O3)C2CCCC(C2)SS5)c1O. The van der Waals surface area contributed by atoms with Gasteiger partial charge in [-0.05, 0) is 110 Å². The molecule has 308 valence electrons. The van der Waals surface area contributed by atoms with Gasteiger partial charge < -0.3 is 49.6 Å². The number of phenols is 3. The average molecular weight is 821 g/mol. The van der Waals surface area contributed by atoms with Crippen molar-refractivity contribution in [2.75, 3.05) is 33.5 Å². The number of benzene rings is 3. The van der Waals surface area contributed by atoms with E-state index in [1.807, 2.05) is 39.8 Å². The fraction of sp³-hybridized carbons (Fsp3) is 0.600. The first kappa shape index (κ1) is 39.3. The van der Waals surface area contributed by atoms with Gasteiger partial charge in [-0.1, -0.05) is 54.3 Å². The quantitative estimate of drug-likeness (QED) is 0.109. The van der Waals surface area contributed by atoms with Crippen molar-refractivity contribution < 1.29 is 49.6 Å². The number of methoxy groups -OCH3 is 1. The van der Waals surface area contributed by atoms with Crippen molar-refractivity contribution in [2.45, 2.75) is 118 Å². The molecule has 9 unspecified atom stereocenters. The van der Waals surface area contributed by atoms with Crippen LogP contribution in [0.15, 0.2) is 30.3 Å². The summed E-state index contributed by atoms with van der Waals surface area (Å²) in [5.41, 5.74) is 3.27. The van der Waals surface area contributed by atoms with E-state index in [2.05, 4.69) is 13.8 Å². The van der Waals surface area contributed by atoms with Crippen molar-refractivity contribution in [1.29, 1.82) is 0 Å². The molecule has 3 aromatic carbocycles. The van der Waals surface area contributed by atoms with Gasteiger partial charge >= 0.3 is 0 Å². The lowest BCUT2D eigenvalue weighted by molar-refractivity contribution is -0.124. The monoisotopic (exact) mass is 820 g/mol. The molecule has 2 heterocycles. The number of aliphatic hydroxyl groups is 3.